The predicted molar refractivity (Wildman–Crippen MR) is 118 cm³/mol. The van der Waals surface area contributed by atoms with Crippen LogP contribution in [0, 0.1) is 0 Å². The van der Waals surface area contributed by atoms with Gasteiger partial charge in [0.2, 0.25) is 0 Å². The lowest BCUT2D eigenvalue weighted by Crippen LogP contribution is -2.22. The Morgan fingerprint density at radius 3 is 1.40 bits per heavy atom. The van der Waals surface area contributed by atoms with E-state index in [4.69, 9.17) is 18.9 Å². The second-order valence-corrected chi connectivity index (χ2v) is 6.87. The van der Waals surface area contributed by atoms with E-state index in [0.717, 1.165) is 12.2 Å². The Kier molecular flexibility index (Phi) is 17.7. The summed E-state index contributed by atoms with van der Waals surface area (Å²) in [6.07, 6.45) is 1.59. The van der Waals surface area contributed by atoms with Gasteiger partial charge in [0.05, 0.1) is 0 Å². The lowest BCUT2D eigenvalue weighted by atomic mass is 10.2. The molecular formula is C23H32O12. The first-order chi connectivity index (χ1) is 16.7. The van der Waals surface area contributed by atoms with Gasteiger partial charge in [-0.1, -0.05) is 13.2 Å². The molecule has 0 aromatic carbocycles. The zero-order valence-corrected chi connectivity index (χ0v) is 19.8. The predicted octanol–water partition coefficient (Wildman–Crippen LogP) is 1.35. The monoisotopic (exact) mass is 500 g/mol. The minimum atomic E-state index is -0.693. The molecule has 0 radical (unpaired) electrons. The fraction of sp³-hybridized carbons (Fsp3) is 0.565. The van der Waals surface area contributed by atoms with Crippen LogP contribution in [0.3, 0.4) is 0 Å². The van der Waals surface area contributed by atoms with Crippen LogP contribution in [0.25, 0.3) is 0 Å². The number of esters is 6. The van der Waals surface area contributed by atoms with Gasteiger partial charge in [-0.2, -0.15) is 0 Å². The standard InChI is InChI=1S/C23H32O12/c1-4-18(24)30-12-14-32-20(26)8-6-10-22(28)34-16-17(3)35-23(29)11-7-9-21(27)33-15-13-31-19(25)5-2/h4-5,17H,1-2,6-16H2,3H3. The summed E-state index contributed by atoms with van der Waals surface area (Å²) < 4.78 is 29.1. The molecule has 1 unspecified atom stereocenters. The van der Waals surface area contributed by atoms with Gasteiger partial charge in [0, 0.05) is 37.8 Å². The highest BCUT2D eigenvalue weighted by atomic mass is 16.6. The van der Waals surface area contributed by atoms with Gasteiger partial charge in [0.15, 0.2) is 0 Å². The van der Waals surface area contributed by atoms with Crippen LogP contribution in [0.5, 0.6) is 0 Å². The molecule has 0 spiro atoms. The Bertz CT molecular complexity index is 743. The van der Waals surface area contributed by atoms with Crippen LogP contribution < -0.4 is 0 Å². The largest absolute Gasteiger partial charge is 0.462 e. The van der Waals surface area contributed by atoms with Crippen molar-refractivity contribution in [1.82, 2.24) is 0 Å². The maximum Gasteiger partial charge on any atom is 0.330 e. The van der Waals surface area contributed by atoms with Crippen molar-refractivity contribution in [2.24, 2.45) is 0 Å². The van der Waals surface area contributed by atoms with Gasteiger partial charge in [0.25, 0.3) is 0 Å². The van der Waals surface area contributed by atoms with E-state index < -0.39 is 41.9 Å². The van der Waals surface area contributed by atoms with E-state index in [1.807, 2.05) is 0 Å². The van der Waals surface area contributed by atoms with Crippen molar-refractivity contribution in [2.75, 3.05) is 33.0 Å². The molecule has 0 N–H and O–H groups in total. The van der Waals surface area contributed by atoms with Gasteiger partial charge in [0.1, 0.15) is 39.1 Å². The third kappa shape index (κ3) is 19.5. The minimum absolute atomic E-state index is 0.0164. The molecule has 196 valence electrons. The van der Waals surface area contributed by atoms with E-state index in [1.54, 1.807) is 6.92 Å². The van der Waals surface area contributed by atoms with E-state index in [2.05, 4.69) is 22.6 Å². The third-order valence-electron chi connectivity index (χ3n) is 3.85. The first kappa shape index (κ1) is 31.3. The zero-order chi connectivity index (χ0) is 26.5. The summed E-state index contributed by atoms with van der Waals surface area (Å²) in [6.45, 7) is 7.47. The fourth-order valence-corrected chi connectivity index (χ4v) is 2.21. The number of carbonyl (C=O) groups is 6. The molecule has 0 aliphatic heterocycles. The molecule has 0 rings (SSSR count). The van der Waals surface area contributed by atoms with Crippen molar-refractivity contribution < 1.29 is 57.2 Å². The van der Waals surface area contributed by atoms with E-state index in [0.29, 0.717) is 0 Å². The van der Waals surface area contributed by atoms with Crippen LogP contribution in [0.15, 0.2) is 25.3 Å². The third-order valence-corrected chi connectivity index (χ3v) is 3.85. The average molecular weight is 500 g/mol. The van der Waals surface area contributed by atoms with Gasteiger partial charge in [-0.05, 0) is 19.8 Å². The lowest BCUT2D eigenvalue weighted by Gasteiger charge is -2.13. The quantitative estimate of drug-likeness (QED) is 0.109. The number of hydrogen-bond donors (Lipinski definition) is 0. The summed E-state index contributed by atoms with van der Waals surface area (Å²) in [6, 6.07) is 0. The molecule has 0 aromatic heterocycles. The number of carbonyl (C=O) groups excluding carboxylic acids is 6. The molecule has 0 saturated carbocycles. The molecule has 0 heterocycles. The highest BCUT2D eigenvalue weighted by Gasteiger charge is 2.14. The summed E-state index contributed by atoms with van der Waals surface area (Å²) in [5.74, 6) is -3.47. The van der Waals surface area contributed by atoms with Crippen LogP contribution in [0.1, 0.15) is 45.4 Å². The normalized spacial score (nSPS) is 10.8. The minimum Gasteiger partial charge on any atom is -0.462 e. The van der Waals surface area contributed by atoms with Crippen LogP contribution in [-0.4, -0.2) is 75.0 Å². The van der Waals surface area contributed by atoms with Crippen molar-refractivity contribution in [3.8, 4) is 0 Å². The topological polar surface area (TPSA) is 158 Å². The Morgan fingerprint density at radius 2 is 0.971 bits per heavy atom. The second-order valence-electron chi connectivity index (χ2n) is 6.87. The zero-order valence-electron chi connectivity index (χ0n) is 19.8. The molecule has 1 atom stereocenters. The molecular weight excluding hydrogens is 468 g/mol. The molecule has 0 aliphatic carbocycles. The van der Waals surface area contributed by atoms with Crippen LogP contribution >= 0.6 is 0 Å². The SMILES string of the molecule is C=CC(=O)OCCOC(=O)CCCC(=O)OCC(C)OC(=O)CCCC(=O)OCCOC(=O)C=C. The number of hydrogen-bond acceptors (Lipinski definition) is 12. The van der Waals surface area contributed by atoms with Gasteiger partial charge in [-0.3, -0.25) is 19.2 Å². The number of rotatable bonds is 19. The molecule has 0 bridgehead atoms. The van der Waals surface area contributed by atoms with E-state index in [9.17, 15) is 28.8 Å². The first-order valence-corrected chi connectivity index (χ1v) is 10.9. The summed E-state index contributed by atoms with van der Waals surface area (Å²) in [4.78, 5) is 68.2. The fourth-order valence-electron chi connectivity index (χ4n) is 2.21. The van der Waals surface area contributed by atoms with Gasteiger partial charge < -0.3 is 28.4 Å². The molecule has 35 heavy (non-hydrogen) atoms. The Morgan fingerprint density at radius 1 is 0.600 bits per heavy atom. The van der Waals surface area contributed by atoms with Crippen LogP contribution in [0.4, 0.5) is 0 Å². The molecule has 0 aromatic rings. The van der Waals surface area contributed by atoms with Gasteiger partial charge >= 0.3 is 35.8 Å². The summed E-state index contributed by atoms with van der Waals surface area (Å²) in [5, 5.41) is 0. The average Bonchev–Trinajstić information content (AvgIpc) is 2.82. The van der Waals surface area contributed by atoms with Crippen molar-refractivity contribution >= 4 is 35.8 Å². The van der Waals surface area contributed by atoms with E-state index >= 15 is 0 Å². The maximum absolute atomic E-state index is 11.8. The molecule has 0 aliphatic rings. The summed E-state index contributed by atoms with van der Waals surface area (Å²) >= 11 is 0. The summed E-state index contributed by atoms with van der Waals surface area (Å²) in [7, 11) is 0. The first-order valence-electron chi connectivity index (χ1n) is 10.9. The molecule has 0 amide bonds. The smallest absolute Gasteiger partial charge is 0.330 e. The highest BCUT2D eigenvalue weighted by Crippen LogP contribution is 2.05. The van der Waals surface area contributed by atoms with Crippen molar-refractivity contribution in [2.45, 2.75) is 51.6 Å². The number of ether oxygens (including phenoxy) is 6. The van der Waals surface area contributed by atoms with Crippen LogP contribution in [0.2, 0.25) is 0 Å². The maximum atomic E-state index is 11.8. The molecule has 12 heteroatoms. The molecule has 0 fully saturated rings. The molecule has 12 nitrogen and oxygen atoms in total. The second kappa shape index (κ2) is 19.7. The van der Waals surface area contributed by atoms with Crippen molar-refractivity contribution in [3.63, 3.8) is 0 Å². The lowest BCUT2D eigenvalue weighted by molar-refractivity contribution is -0.158. The summed E-state index contributed by atoms with van der Waals surface area (Å²) in [5.41, 5.74) is 0. The Hall–Kier alpha value is -3.70. The Labute approximate surface area is 203 Å². The Balaban J connectivity index is 3.78. The van der Waals surface area contributed by atoms with Gasteiger partial charge in [-0.15, -0.1) is 0 Å². The van der Waals surface area contributed by atoms with Gasteiger partial charge in [-0.25, -0.2) is 9.59 Å². The molecule has 0 saturated heterocycles. The van der Waals surface area contributed by atoms with Crippen LogP contribution in [-0.2, 0) is 57.2 Å². The van der Waals surface area contributed by atoms with E-state index in [-0.39, 0.29) is 71.6 Å². The van der Waals surface area contributed by atoms with Crippen molar-refractivity contribution in [1.29, 1.82) is 0 Å². The van der Waals surface area contributed by atoms with E-state index in [1.165, 1.54) is 0 Å². The highest BCUT2D eigenvalue weighted by molar-refractivity contribution is 5.81. The van der Waals surface area contributed by atoms with Crippen molar-refractivity contribution in [3.05, 3.63) is 25.3 Å².